The Balaban J connectivity index is 1.66. The van der Waals surface area contributed by atoms with Crippen molar-refractivity contribution < 1.29 is 4.79 Å². The van der Waals surface area contributed by atoms with Crippen molar-refractivity contribution in [2.75, 3.05) is 5.32 Å². The van der Waals surface area contributed by atoms with Crippen LogP contribution in [0.5, 0.6) is 0 Å². The molecule has 3 aromatic heterocycles. The van der Waals surface area contributed by atoms with Gasteiger partial charge in [-0.05, 0) is 36.9 Å². The lowest BCUT2D eigenvalue weighted by Crippen LogP contribution is -2.10. The Labute approximate surface area is 147 Å². The predicted octanol–water partition coefficient (Wildman–Crippen LogP) is 5.22. The van der Waals surface area contributed by atoms with Gasteiger partial charge in [-0.15, -0.1) is 22.7 Å². The molecule has 0 saturated heterocycles. The number of thiazole rings is 1. The molecule has 120 valence electrons. The molecule has 6 heteroatoms. The molecule has 0 unspecified atom stereocenters. The average molecular weight is 353 g/mol. The van der Waals surface area contributed by atoms with E-state index in [1.54, 1.807) is 0 Å². The van der Waals surface area contributed by atoms with Gasteiger partial charge in [-0.3, -0.25) is 10.1 Å². The second-order valence-electron chi connectivity index (χ2n) is 5.60. The van der Waals surface area contributed by atoms with Gasteiger partial charge in [0.05, 0.1) is 10.6 Å². The number of hydrogen-bond donors (Lipinski definition) is 2. The molecule has 0 bridgehead atoms. The van der Waals surface area contributed by atoms with Gasteiger partial charge in [0.15, 0.2) is 5.13 Å². The molecule has 0 aliphatic heterocycles. The Kier molecular flexibility index (Phi) is 3.70. The van der Waals surface area contributed by atoms with Crippen molar-refractivity contribution in [3.05, 3.63) is 57.2 Å². The van der Waals surface area contributed by atoms with Gasteiger partial charge in [0.25, 0.3) is 5.91 Å². The second-order valence-corrected chi connectivity index (χ2v) is 7.37. The summed E-state index contributed by atoms with van der Waals surface area (Å²) in [6, 6.07) is 10.1. The van der Waals surface area contributed by atoms with Crippen LogP contribution in [0.25, 0.3) is 22.2 Å². The van der Waals surface area contributed by atoms with Crippen LogP contribution in [0.4, 0.5) is 5.13 Å². The number of carbonyl (C=O) groups excluding carboxylic acids is 1. The fraction of sp³-hybridized carbons (Fsp3) is 0.111. The Morgan fingerprint density at radius 3 is 2.79 bits per heavy atom. The van der Waals surface area contributed by atoms with E-state index in [2.05, 4.69) is 27.4 Å². The van der Waals surface area contributed by atoms with Gasteiger partial charge in [-0.1, -0.05) is 18.2 Å². The van der Waals surface area contributed by atoms with Crippen LogP contribution in [0.1, 0.15) is 20.9 Å². The summed E-state index contributed by atoms with van der Waals surface area (Å²) in [5, 5.41) is 8.58. The lowest BCUT2D eigenvalue weighted by atomic mass is 10.1. The smallest absolute Gasteiger partial charge is 0.267 e. The molecule has 0 aliphatic carbocycles. The van der Waals surface area contributed by atoms with Gasteiger partial charge in [0.2, 0.25) is 0 Å². The fourth-order valence-corrected chi connectivity index (χ4v) is 4.33. The van der Waals surface area contributed by atoms with Gasteiger partial charge in [0.1, 0.15) is 0 Å². The number of nitrogens with zero attached hydrogens (tertiary/aromatic N) is 1. The largest absolute Gasteiger partial charge is 0.358 e. The summed E-state index contributed by atoms with van der Waals surface area (Å²) in [4.78, 5) is 21.1. The Morgan fingerprint density at radius 2 is 2.00 bits per heavy atom. The third-order valence-corrected chi connectivity index (χ3v) is 5.72. The molecule has 24 heavy (non-hydrogen) atoms. The third-order valence-electron chi connectivity index (χ3n) is 3.94. The highest BCUT2D eigenvalue weighted by molar-refractivity contribution is 7.14. The van der Waals surface area contributed by atoms with Crippen molar-refractivity contribution in [3.8, 4) is 11.3 Å². The van der Waals surface area contributed by atoms with Crippen LogP contribution in [-0.4, -0.2) is 15.9 Å². The van der Waals surface area contributed by atoms with Crippen LogP contribution in [0.15, 0.2) is 41.1 Å². The van der Waals surface area contributed by atoms with E-state index in [1.807, 2.05) is 42.8 Å². The number of rotatable bonds is 3. The lowest BCUT2D eigenvalue weighted by Gasteiger charge is -2.00. The molecule has 0 saturated carbocycles. The molecule has 0 atom stereocenters. The Morgan fingerprint density at radius 1 is 1.17 bits per heavy atom. The number of aryl methyl sites for hydroxylation is 2. The molecule has 0 aliphatic rings. The quantitative estimate of drug-likeness (QED) is 0.530. The molecule has 4 aromatic rings. The number of nitrogens with one attached hydrogen (secondary N) is 2. The summed E-state index contributed by atoms with van der Waals surface area (Å²) >= 11 is 2.89. The number of para-hydroxylation sites is 1. The van der Waals surface area contributed by atoms with E-state index in [4.69, 9.17) is 0 Å². The highest BCUT2D eigenvalue weighted by atomic mass is 32.1. The number of thiophene rings is 1. The van der Waals surface area contributed by atoms with Crippen LogP contribution in [0.2, 0.25) is 0 Å². The second kappa shape index (κ2) is 5.89. The van der Waals surface area contributed by atoms with Gasteiger partial charge in [0, 0.05) is 27.5 Å². The van der Waals surface area contributed by atoms with E-state index in [0.717, 1.165) is 38.3 Å². The molecule has 4 rings (SSSR count). The monoisotopic (exact) mass is 353 g/mol. The highest BCUT2D eigenvalue weighted by Gasteiger charge is 2.16. The van der Waals surface area contributed by atoms with Crippen LogP contribution >= 0.6 is 22.7 Å². The van der Waals surface area contributed by atoms with Crippen LogP contribution in [0.3, 0.4) is 0 Å². The molecule has 1 amide bonds. The molecule has 0 spiro atoms. The number of aromatic nitrogens is 2. The van der Waals surface area contributed by atoms with Crippen LogP contribution in [-0.2, 0) is 0 Å². The molecule has 4 nitrogen and oxygen atoms in total. The van der Waals surface area contributed by atoms with Crippen molar-refractivity contribution in [2.45, 2.75) is 13.8 Å². The molecule has 1 aromatic carbocycles. The average Bonchev–Trinajstić information content (AvgIpc) is 3.25. The van der Waals surface area contributed by atoms with Gasteiger partial charge in [-0.25, -0.2) is 4.98 Å². The molecule has 3 heterocycles. The summed E-state index contributed by atoms with van der Waals surface area (Å²) in [7, 11) is 0. The predicted molar refractivity (Wildman–Crippen MR) is 101 cm³/mol. The zero-order valence-corrected chi connectivity index (χ0v) is 14.8. The highest BCUT2D eigenvalue weighted by Crippen LogP contribution is 2.34. The first-order valence-corrected chi connectivity index (χ1v) is 9.28. The molecular weight excluding hydrogens is 338 g/mol. The van der Waals surface area contributed by atoms with E-state index in [9.17, 15) is 4.79 Å². The number of amides is 1. The standard InChI is InChI=1S/C18H15N3OS2/c1-10-7-8-23-16(10)17(22)21-18-20-14(9-24-18)15-11(2)19-13-6-4-3-5-12(13)15/h3-9,19H,1-2H3,(H,20,21,22). The van der Waals surface area contributed by atoms with Crippen molar-refractivity contribution in [3.63, 3.8) is 0 Å². The van der Waals surface area contributed by atoms with Crippen molar-refractivity contribution in [2.24, 2.45) is 0 Å². The van der Waals surface area contributed by atoms with E-state index in [-0.39, 0.29) is 5.91 Å². The maximum Gasteiger partial charge on any atom is 0.267 e. The maximum absolute atomic E-state index is 12.3. The summed E-state index contributed by atoms with van der Waals surface area (Å²) in [6.45, 7) is 3.98. The number of carbonyl (C=O) groups is 1. The number of benzene rings is 1. The van der Waals surface area contributed by atoms with E-state index < -0.39 is 0 Å². The number of hydrogen-bond acceptors (Lipinski definition) is 4. The fourth-order valence-electron chi connectivity index (χ4n) is 2.81. The van der Waals surface area contributed by atoms with Crippen LogP contribution < -0.4 is 5.32 Å². The van der Waals surface area contributed by atoms with Gasteiger partial charge in [-0.2, -0.15) is 0 Å². The SMILES string of the molecule is Cc1ccsc1C(=O)Nc1nc(-c2c(C)[nH]c3ccccc23)cs1. The minimum atomic E-state index is -0.0981. The first-order chi connectivity index (χ1) is 11.6. The summed E-state index contributed by atoms with van der Waals surface area (Å²) in [5.74, 6) is -0.0981. The van der Waals surface area contributed by atoms with Gasteiger partial charge < -0.3 is 4.98 Å². The summed E-state index contributed by atoms with van der Waals surface area (Å²) in [5.41, 5.74) is 5.14. The summed E-state index contributed by atoms with van der Waals surface area (Å²) in [6.07, 6.45) is 0. The number of H-pyrrole nitrogens is 1. The number of aromatic amines is 1. The lowest BCUT2D eigenvalue weighted by molar-refractivity contribution is 0.103. The molecular formula is C18H15N3OS2. The zero-order valence-electron chi connectivity index (χ0n) is 13.2. The summed E-state index contributed by atoms with van der Waals surface area (Å²) < 4.78 is 0. The molecule has 0 radical (unpaired) electrons. The topological polar surface area (TPSA) is 57.8 Å². The van der Waals surface area contributed by atoms with Crippen molar-refractivity contribution >= 4 is 44.6 Å². The molecule has 2 N–H and O–H groups in total. The normalized spacial score (nSPS) is 11.1. The first kappa shape index (κ1) is 15.1. The van der Waals surface area contributed by atoms with Crippen molar-refractivity contribution in [1.29, 1.82) is 0 Å². The first-order valence-electron chi connectivity index (χ1n) is 7.52. The van der Waals surface area contributed by atoms with Crippen molar-refractivity contribution in [1.82, 2.24) is 9.97 Å². The van der Waals surface area contributed by atoms with E-state index in [1.165, 1.54) is 22.7 Å². The Bertz CT molecular complexity index is 1040. The number of anilines is 1. The van der Waals surface area contributed by atoms with E-state index >= 15 is 0 Å². The number of fused-ring (bicyclic) bond motifs is 1. The minimum absolute atomic E-state index is 0.0981. The van der Waals surface area contributed by atoms with Gasteiger partial charge >= 0.3 is 0 Å². The minimum Gasteiger partial charge on any atom is -0.358 e. The Hall–Kier alpha value is -2.44. The van der Waals surface area contributed by atoms with Crippen LogP contribution in [0, 0.1) is 13.8 Å². The van der Waals surface area contributed by atoms with E-state index in [0.29, 0.717) is 5.13 Å². The molecule has 0 fully saturated rings. The maximum atomic E-state index is 12.3. The zero-order chi connectivity index (χ0) is 16.7. The third kappa shape index (κ3) is 2.53.